The molecule has 1 saturated carbocycles. The molecule has 15 heavy (non-hydrogen) atoms. The van der Waals surface area contributed by atoms with E-state index in [4.69, 9.17) is 0 Å². The molecule has 0 bridgehead atoms. The number of rotatable bonds is 3. The average Bonchev–Trinajstić information content (AvgIpc) is 2.23. The molecule has 1 heterocycles. The van der Waals surface area contributed by atoms with Gasteiger partial charge in [0.25, 0.3) is 0 Å². The number of carbonyl (C=O) groups excluding carboxylic acids is 1. The van der Waals surface area contributed by atoms with Gasteiger partial charge in [-0.05, 0) is 37.5 Å². The van der Waals surface area contributed by atoms with Gasteiger partial charge in [-0.1, -0.05) is 22.4 Å². The summed E-state index contributed by atoms with van der Waals surface area (Å²) in [5.74, 6) is 1.91. The molecule has 2 aliphatic rings. The monoisotopic (exact) mass is 273 g/mol. The molecule has 2 fully saturated rings. The average molecular weight is 274 g/mol. The predicted octanol–water partition coefficient (Wildman–Crippen LogP) is 2.81. The van der Waals surface area contributed by atoms with Gasteiger partial charge in [-0.2, -0.15) is 0 Å². The van der Waals surface area contributed by atoms with Crippen LogP contribution in [0.15, 0.2) is 0 Å². The van der Waals surface area contributed by atoms with Crippen LogP contribution in [0.5, 0.6) is 0 Å². The Balaban J connectivity index is 1.71. The van der Waals surface area contributed by atoms with E-state index in [1.54, 1.807) is 0 Å². The van der Waals surface area contributed by atoms with E-state index in [0.717, 1.165) is 30.8 Å². The summed E-state index contributed by atoms with van der Waals surface area (Å²) >= 11 is 3.53. The van der Waals surface area contributed by atoms with Crippen LogP contribution < -0.4 is 0 Å². The van der Waals surface area contributed by atoms with Crippen molar-refractivity contribution in [2.45, 2.75) is 38.5 Å². The number of alkyl halides is 1. The van der Waals surface area contributed by atoms with Crippen molar-refractivity contribution in [3.63, 3.8) is 0 Å². The second-order valence-corrected chi connectivity index (χ2v) is 5.63. The molecule has 1 aliphatic carbocycles. The second-order valence-electron chi connectivity index (χ2n) is 4.98. The van der Waals surface area contributed by atoms with Crippen LogP contribution in [0, 0.1) is 11.8 Å². The molecule has 0 atom stereocenters. The van der Waals surface area contributed by atoms with E-state index < -0.39 is 0 Å². The number of hydrogen-bond donors (Lipinski definition) is 0. The van der Waals surface area contributed by atoms with Gasteiger partial charge < -0.3 is 4.90 Å². The van der Waals surface area contributed by atoms with Crippen LogP contribution in [0.4, 0.5) is 0 Å². The number of piperidine rings is 1. The van der Waals surface area contributed by atoms with Crippen molar-refractivity contribution >= 4 is 21.8 Å². The minimum absolute atomic E-state index is 0.410. The lowest BCUT2D eigenvalue weighted by Gasteiger charge is -2.33. The quantitative estimate of drug-likeness (QED) is 0.725. The Morgan fingerprint density at radius 1 is 1.13 bits per heavy atom. The molecule has 2 nitrogen and oxygen atoms in total. The fraction of sp³-hybridized carbons (Fsp3) is 0.917. The molecule has 0 unspecified atom stereocenters. The van der Waals surface area contributed by atoms with E-state index in [1.807, 2.05) is 0 Å². The number of carbonyl (C=O) groups is 1. The van der Waals surface area contributed by atoms with Crippen molar-refractivity contribution in [2.24, 2.45) is 11.8 Å². The standard InChI is InChI=1S/C12H20BrNO/c13-9-11-4-6-14(7-5-11)12(15)8-10-2-1-3-10/h10-11H,1-9H2. The molecule has 0 aromatic heterocycles. The van der Waals surface area contributed by atoms with Gasteiger partial charge in [0.05, 0.1) is 0 Å². The first kappa shape index (κ1) is 11.4. The lowest BCUT2D eigenvalue weighted by Crippen LogP contribution is -2.40. The first-order valence-electron chi connectivity index (χ1n) is 6.13. The van der Waals surface area contributed by atoms with Crippen molar-refractivity contribution in [2.75, 3.05) is 18.4 Å². The van der Waals surface area contributed by atoms with Gasteiger partial charge in [0.1, 0.15) is 0 Å². The molecule has 0 aromatic rings. The molecule has 1 saturated heterocycles. The predicted molar refractivity (Wildman–Crippen MR) is 65.1 cm³/mol. The van der Waals surface area contributed by atoms with Gasteiger partial charge in [-0.15, -0.1) is 0 Å². The normalized spacial score (nSPS) is 23.9. The number of nitrogens with zero attached hydrogens (tertiary/aromatic N) is 1. The Bertz CT molecular complexity index is 220. The third-order valence-corrected chi connectivity index (χ3v) is 4.79. The Morgan fingerprint density at radius 3 is 2.27 bits per heavy atom. The summed E-state index contributed by atoms with van der Waals surface area (Å²) in [6.45, 7) is 1.98. The summed E-state index contributed by atoms with van der Waals surface area (Å²) in [7, 11) is 0. The van der Waals surface area contributed by atoms with Crippen LogP contribution in [-0.2, 0) is 4.79 Å². The third-order valence-electron chi connectivity index (χ3n) is 3.87. The Morgan fingerprint density at radius 2 is 1.80 bits per heavy atom. The molecular formula is C12H20BrNO. The van der Waals surface area contributed by atoms with Crippen LogP contribution in [0.1, 0.15) is 38.5 Å². The fourth-order valence-corrected chi connectivity index (χ4v) is 3.06. The van der Waals surface area contributed by atoms with E-state index in [2.05, 4.69) is 20.8 Å². The topological polar surface area (TPSA) is 20.3 Å². The summed E-state index contributed by atoms with van der Waals surface area (Å²) in [6.07, 6.45) is 7.08. The molecule has 3 heteroatoms. The number of amides is 1. The zero-order chi connectivity index (χ0) is 10.7. The van der Waals surface area contributed by atoms with E-state index in [0.29, 0.717) is 11.8 Å². The smallest absolute Gasteiger partial charge is 0.222 e. The van der Waals surface area contributed by atoms with Crippen LogP contribution in [-0.4, -0.2) is 29.2 Å². The van der Waals surface area contributed by atoms with Crippen LogP contribution in [0.25, 0.3) is 0 Å². The Hall–Kier alpha value is -0.0500. The van der Waals surface area contributed by atoms with Crippen molar-refractivity contribution in [1.29, 1.82) is 0 Å². The fourth-order valence-electron chi connectivity index (χ4n) is 2.41. The Kier molecular flexibility index (Phi) is 4.06. The van der Waals surface area contributed by atoms with Crippen molar-refractivity contribution in [3.05, 3.63) is 0 Å². The van der Waals surface area contributed by atoms with Gasteiger partial charge >= 0.3 is 0 Å². The maximum absolute atomic E-state index is 11.9. The van der Waals surface area contributed by atoms with E-state index >= 15 is 0 Å². The van der Waals surface area contributed by atoms with E-state index in [9.17, 15) is 4.79 Å². The highest BCUT2D eigenvalue weighted by molar-refractivity contribution is 9.09. The van der Waals surface area contributed by atoms with Gasteiger partial charge in [0.2, 0.25) is 5.91 Å². The number of hydrogen-bond acceptors (Lipinski definition) is 1. The van der Waals surface area contributed by atoms with Crippen LogP contribution >= 0.6 is 15.9 Å². The van der Waals surface area contributed by atoms with E-state index in [1.165, 1.54) is 32.1 Å². The molecule has 0 N–H and O–H groups in total. The maximum atomic E-state index is 11.9. The van der Waals surface area contributed by atoms with Gasteiger partial charge in [0, 0.05) is 24.8 Å². The third kappa shape index (κ3) is 2.96. The molecular weight excluding hydrogens is 254 g/mol. The molecule has 1 aliphatic heterocycles. The summed E-state index contributed by atoms with van der Waals surface area (Å²) < 4.78 is 0. The second kappa shape index (κ2) is 5.33. The first-order valence-corrected chi connectivity index (χ1v) is 7.25. The molecule has 2 rings (SSSR count). The summed E-state index contributed by atoms with van der Waals surface area (Å²) in [4.78, 5) is 14.0. The highest BCUT2D eigenvalue weighted by atomic mass is 79.9. The van der Waals surface area contributed by atoms with Crippen LogP contribution in [0.3, 0.4) is 0 Å². The summed E-state index contributed by atoms with van der Waals surface area (Å²) in [5, 5.41) is 1.09. The van der Waals surface area contributed by atoms with Crippen molar-refractivity contribution < 1.29 is 4.79 Å². The van der Waals surface area contributed by atoms with Gasteiger partial charge in [-0.3, -0.25) is 4.79 Å². The lowest BCUT2D eigenvalue weighted by molar-refractivity contribution is -0.134. The highest BCUT2D eigenvalue weighted by Gasteiger charge is 2.26. The molecule has 1 amide bonds. The summed E-state index contributed by atoms with van der Waals surface area (Å²) in [6, 6.07) is 0. The number of likely N-dealkylation sites (tertiary alicyclic amines) is 1. The lowest BCUT2D eigenvalue weighted by atomic mass is 9.82. The Labute approximate surface area is 101 Å². The maximum Gasteiger partial charge on any atom is 0.222 e. The van der Waals surface area contributed by atoms with E-state index in [-0.39, 0.29) is 0 Å². The highest BCUT2D eigenvalue weighted by Crippen LogP contribution is 2.30. The largest absolute Gasteiger partial charge is 0.343 e. The zero-order valence-electron chi connectivity index (χ0n) is 9.25. The SMILES string of the molecule is O=C(CC1CCC1)N1CCC(CBr)CC1. The van der Waals surface area contributed by atoms with Gasteiger partial charge in [-0.25, -0.2) is 0 Å². The molecule has 0 spiro atoms. The van der Waals surface area contributed by atoms with Crippen LogP contribution in [0.2, 0.25) is 0 Å². The van der Waals surface area contributed by atoms with Crippen molar-refractivity contribution in [1.82, 2.24) is 4.90 Å². The number of halogens is 1. The first-order chi connectivity index (χ1) is 7.29. The zero-order valence-corrected chi connectivity index (χ0v) is 10.8. The summed E-state index contributed by atoms with van der Waals surface area (Å²) in [5.41, 5.74) is 0. The van der Waals surface area contributed by atoms with Crippen molar-refractivity contribution in [3.8, 4) is 0 Å². The minimum Gasteiger partial charge on any atom is -0.343 e. The minimum atomic E-state index is 0.410. The van der Waals surface area contributed by atoms with Gasteiger partial charge in [0.15, 0.2) is 0 Å². The molecule has 86 valence electrons. The molecule has 0 radical (unpaired) electrons. The molecule has 0 aromatic carbocycles.